The van der Waals surface area contributed by atoms with Crippen LogP contribution in [0.2, 0.25) is 0 Å². The maximum atomic E-state index is 12.8. The summed E-state index contributed by atoms with van der Waals surface area (Å²) in [5.41, 5.74) is 0.411. The fraction of sp³-hybridized carbons (Fsp3) is 0.375. The summed E-state index contributed by atoms with van der Waals surface area (Å²) < 4.78 is 48.8. The van der Waals surface area contributed by atoms with E-state index in [1.807, 2.05) is 0 Å². The zero-order chi connectivity index (χ0) is 26.0. The molecule has 0 fully saturated rings. The lowest BCUT2D eigenvalue weighted by molar-refractivity contribution is -0.162. The fourth-order valence-corrected chi connectivity index (χ4v) is 4.02. The smallest absolute Gasteiger partial charge is 0.340 e. The van der Waals surface area contributed by atoms with Gasteiger partial charge >= 0.3 is 5.97 Å². The van der Waals surface area contributed by atoms with Gasteiger partial charge in [-0.05, 0) is 37.5 Å². The molecule has 2 aromatic rings. The molecule has 2 N–H and O–H groups in total. The van der Waals surface area contributed by atoms with Crippen LogP contribution in [-0.2, 0) is 34.0 Å². The largest absolute Gasteiger partial charge is 0.497 e. The molecule has 0 saturated carbocycles. The molecule has 0 aliphatic heterocycles. The second-order valence-corrected chi connectivity index (χ2v) is 9.16. The summed E-state index contributed by atoms with van der Waals surface area (Å²) >= 11 is 0. The highest BCUT2D eigenvalue weighted by molar-refractivity contribution is 7.86. The number of hydrogen-bond donors (Lipinski definition) is 2. The van der Waals surface area contributed by atoms with Crippen molar-refractivity contribution in [1.29, 1.82) is 0 Å². The highest BCUT2D eigenvalue weighted by Crippen LogP contribution is 2.27. The number of carbonyl (C=O) groups is 3. The summed E-state index contributed by atoms with van der Waals surface area (Å²) in [5.74, 6) is -1.25. The van der Waals surface area contributed by atoms with Crippen LogP contribution < -0.4 is 10.1 Å². The molecule has 2 rings (SSSR count). The Morgan fingerprint density at radius 3 is 2.31 bits per heavy atom. The molecule has 0 radical (unpaired) electrons. The first-order valence-corrected chi connectivity index (χ1v) is 12.2. The van der Waals surface area contributed by atoms with Crippen molar-refractivity contribution < 1.29 is 41.6 Å². The average molecular weight is 508 g/mol. The standard InChI is InChI=1S/C24H29NO9S/c1-16(26)8-7-11-19(34-24(28)23(33-3)17-9-5-4-6-10-17)15-22(27)25-20-13-12-18(32-2)14-21(20)35(29,30)31/h4-6,9-10,12-14,19,23H,7-8,11,15H2,1-3H3,(H,25,27)(H,29,30,31). The molecule has 0 aromatic heterocycles. The number of anilines is 1. The maximum absolute atomic E-state index is 12.8. The van der Waals surface area contributed by atoms with Gasteiger partial charge in [-0.15, -0.1) is 0 Å². The summed E-state index contributed by atoms with van der Waals surface area (Å²) in [6.07, 6.45) is -1.39. The van der Waals surface area contributed by atoms with Gasteiger partial charge in [0.1, 0.15) is 22.5 Å². The molecule has 2 atom stereocenters. The lowest BCUT2D eigenvalue weighted by Gasteiger charge is -2.21. The summed E-state index contributed by atoms with van der Waals surface area (Å²) in [5, 5.41) is 2.42. The maximum Gasteiger partial charge on any atom is 0.340 e. The van der Waals surface area contributed by atoms with E-state index in [1.54, 1.807) is 30.3 Å². The molecule has 0 bridgehead atoms. The molecule has 0 aliphatic carbocycles. The normalized spacial score (nSPS) is 12.9. The Balaban J connectivity index is 2.18. The molecular weight excluding hydrogens is 478 g/mol. The number of benzene rings is 2. The highest BCUT2D eigenvalue weighted by atomic mass is 32.2. The number of nitrogens with one attached hydrogen (secondary N) is 1. The monoisotopic (exact) mass is 507 g/mol. The Labute approximate surface area is 204 Å². The Hall–Kier alpha value is -3.28. The van der Waals surface area contributed by atoms with E-state index in [0.717, 1.165) is 6.07 Å². The number of ketones is 1. The number of hydrogen-bond acceptors (Lipinski definition) is 8. The molecule has 35 heavy (non-hydrogen) atoms. The van der Waals surface area contributed by atoms with Gasteiger partial charge in [0, 0.05) is 19.6 Å². The Bertz CT molecular complexity index is 1130. The molecule has 1 amide bonds. The predicted octanol–water partition coefficient (Wildman–Crippen LogP) is 3.33. The van der Waals surface area contributed by atoms with E-state index < -0.39 is 39.1 Å². The lowest BCUT2D eigenvalue weighted by Crippen LogP contribution is -2.28. The number of methoxy groups -OCH3 is 2. The number of rotatable bonds is 13. The number of ether oxygens (including phenoxy) is 3. The Morgan fingerprint density at radius 2 is 1.74 bits per heavy atom. The van der Waals surface area contributed by atoms with E-state index in [-0.39, 0.29) is 36.5 Å². The summed E-state index contributed by atoms with van der Waals surface area (Å²) in [4.78, 5) is 36.3. The summed E-state index contributed by atoms with van der Waals surface area (Å²) in [6.45, 7) is 1.44. The molecule has 0 heterocycles. The van der Waals surface area contributed by atoms with Crippen LogP contribution >= 0.6 is 0 Å². The predicted molar refractivity (Wildman–Crippen MR) is 127 cm³/mol. The third-order valence-corrected chi connectivity index (χ3v) is 5.94. The molecule has 10 nitrogen and oxygen atoms in total. The first kappa shape index (κ1) is 28.0. The number of carbonyl (C=O) groups excluding carboxylic acids is 3. The van der Waals surface area contributed by atoms with Crippen molar-refractivity contribution in [2.45, 2.75) is 49.7 Å². The van der Waals surface area contributed by atoms with E-state index in [9.17, 15) is 27.4 Å². The van der Waals surface area contributed by atoms with Crippen molar-refractivity contribution in [1.82, 2.24) is 0 Å². The lowest BCUT2D eigenvalue weighted by atomic mass is 10.1. The minimum Gasteiger partial charge on any atom is -0.497 e. The second kappa shape index (κ2) is 13.0. The SMILES string of the molecule is COc1ccc(NC(=O)CC(CCCC(C)=O)OC(=O)C(OC)c2ccccc2)c(S(=O)(=O)O)c1. The summed E-state index contributed by atoms with van der Waals surface area (Å²) in [7, 11) is -1.98. The molecule has 0 spiro atoms. The Morgan fingerprint density at radius 1 is 1.06 bits per heavy atom. The Kier molecular flexibility index (Phi) is 10.4. The zero-order valence-electron chi connectivity index (χ0n) is 19.7. The van der Waals surface area contributed by atoms with E-state index >= 15 is 0 Å². The number of Topliss-reactive ketones (excluding diaryl/α,β-unsaturated/α-hetero) is 1. The first-order chi connectivity index (χ1) is 16.5. The third-order valence-electron chi connectivity index (χ3n) is 5.04. The summed E-state index contributed by atoms with van der Waals surface area (Å²) in [6, 6.07) is 12.4. The molecule has 2 aromatic carbocycles. The average Bonchev–Trinajstić information content (AvgIpc) is 2.79. The van der Waals surface area contributed by atoms with Crippen LogP contribution in [0.4, 0.5) is 5.69 Å². The van der Waals surface area contributed by atoms with Crippen molar-refractivity contribution in [3.63, 3.8) is 0 Å². The van der Waals surface area contributed by atoms with Gasteiger partial charge in [-0.1, -0.05) is 30.3 Å². The minimum absolute atomic E-state index is 0.0467. The van der Waals surface area contributed by atoms with E-state index in [4.69, 9.17) is 14.2 Å². The van der Waals surface area contributed by atoms with Crippen molar-refractivity contribution in [2.75, 3.05) is 19.5 Å². The van der Waals surface area contributed by atoms with Crippen molar-refractivity contribution in [2.24, 2.45) is 0 Å². The zero-order valence-corrected chi connectivity index (χ0v) is 20.5. The van der Waals surface area contributed by atoms with Crippen LogP contribution in [-0.4, -0.2) is 51.0 Å². The second-order valence-electron chi connectivity index (χ2n) is 7.77. The van der Waals surface area contributed by atoms with Crippen LogP contribution in [0.1, 0.15) is 44.3 Å². The minimum atomic E-state index is -4.66. The van der Waals surface area contributed by atoms with Gasteiger partial charge in [-0.3, -0.25) is 9.35 Å². The first-order valence-electron chi connectivity index (χ1n) is 10.8. The molecule has 11 heteroatoms. The van der Waals surface area contributed by atoms with Gasteiger partial charge in [0.25, 0.3) is 10.1 Å². The van der Waals surface area contributed by atoms with Gasteiger partial charge in [0.05, 0.1) is 19.2 Å². The molecule has 0 saturated heterocycles. The van der Waals surface area contributed by atoms with Gasteiger partial charge in [-0.25, -0.2) is 4.79 Å². The quantitative estimate of drug-likeness (QED) is 0.308. The van der Waals surface area contributed by atoms with Gasteiger partial charge < -0.3 is 24.3 Å². The van der Waals surface area contributed by atoms with E-state index in [0.29, 0.717) is 12.0 Å². The molecule has 190 valence electrons. The molecule has 0 aliphatic rings. The van der Waals surface area contributed by atoms with Gasteiger partial charge in [0.2, 0.25) is 5.91 Å². The molecule has 2 unspecified atom stereocenters. The van der Waals surface area contributed by atoms with Gasteiger partial charge in [-0.2, -0.15) is 8.42 Å². The van der Waals surface area contributed by atoms with Crippen LogP contribution in [0.25, 0.3) is 0 Å². The van der Waals surface area contributed by atoms with E-state index in [1.165, 1.54) is 33.3 Å². The number of amides is 1. The van der Waals surface area contributed by atoms with Crippen LogP contribution in [0.15, 0.2) is 53.4 Å². The van der Waals surface area contributed by atoms with Crippen LogP contribution in [0.5, 0.6) is 5.75 Å². The van der Waals surface area contributed by atoms with E-state index in [2.05, 4.69) is 5.32 Å². The topological polar surface area (TPSA) is 145 Å². The number of esters is 1. The third kappa shape index (κ3) is 8.78. The van der Waals surface area contributed by atoms with Crippen molar-refractivity contribution in [3.05, 3.63) is 54.1 Å². The van der Waals surface area contributed by atoms with Crippen LogP contribution in [0.3, 0.4) is 0 Å². The van der Waals surface area contributed by atoms with Crippen LogP contribution in [0, 0.1) is 0 Å². The molecular formula is C24H29NO9S. The fourth-order valence-electron chi connectivity index (χ4n) is 3.36. The van der Waals surface area contributed by atoms with Gasteiger partial charge in [0.15, 0.2) is 6.10 Å². The van der Waals surface area contributed by atoms with Crippen molar-refractivity contribution >= 4 is 33.5 Å². The van der Waals surface area contributed by atoms with Crippen molar-refractivity contribution in [3.8, 4) is 5.75 Å². The highest BCUT2D eigenvalue weighted by Gasteiger charge is 2.27.